The molecule has 1 fully saturated rings. The van der Waals surface area contributed by atoms with E-state index in [0.717, 1.165) is 5.69 Å². The van der Waals surface area contributed by atoms with E-state index in [4.69, 9.17) is 5.73 Å². The highest BCUT2D eigenvalue weighted by atomic mass is 14.8. The first-order valence-corrected chi connectivity index (χ1v) is 6.34. The Kier molecular flexibility index (Phi) is 3.83. The lowest BCUT2D eigenvalue weighted by Gasteiger charge is -2.28. The third-order valence-corrected chi connectivity index (χ3v) is 3.72. The maximum Gasteiger partial charge on any atom is 0.0340 e. The van der Waals surface area contributed by atoms with Crippen molar-refractivity contribution in [3.63, 3.8) is 0 Å². The lowest BCUT2D eigenvalue weighted by molar-refractivity contribution is 0.308. The molecule has 1 atom stereocenters. The van der Waals surface area contributed by atoms with Gasteiger partial charge in [-0.2, -0.15) is 0 Å². The van der Waals surface area contributed by atoms with Crippen molar-refractivity contribution < 1.29 is 0 Å². The van der Waals surface area contributed by atoms with Crippen LogP contribution in [0.2, 0.25) is 0 Å². The van der Waals surface area contributed by atoms with Crippen LogP contribution in [-0.4, -0.2) is 7.05 Å². The minimum atomic E-state index is 0.216. The summed E-state index contributed by atoms with van der Waals surface area (Å²) in [6, 6.07) is 8.72. The molecule has 0 amide bonds. The Morgan fingerprint density at radius 3 is 2.69 bits per heavy atom. The highest BCUT2D eigenvalue weighted by molar-refractivity contribution is 5.45. The predicted molar refractivity (Wildman–Crippen MR) is 69.5 cm³/mol. The Bertz CT molecular complexity index is 329. The average Bonchev–Trinajstić information content (AvgIpc) is 2.39. The topological polar surface area (TPSA) is 38.0 Å². The second-order valence-electron chi connectivity index (χ2n) is 4.80. The zero-order valence-electron chi connectivity index (χ0n) is 10.1. The molecular weight excluding hydrogens is 196 g/mol. The summed E-state index contributed by atoms with van der Waals surface area (Å²) in [7, 11) is 1.95. The van der Waals surface area contributed by atoms with Crippen molar-refractivity contribution in [2.24, 2.45) is 11.7 Å². The van der Waals surface area contributed by atoms with Crippen molar-refractivity contribution in [2.45, 2.75) is 38.1 Å². The third-order valence-electron chi connectivity index (χ3n) is 3.72. The molecular formula is C14H22N2. The van der Waals surface area contributed by atoms with Crippen LogP contribution in [0.3, 0.4) is 0 Å². The molecule has 0 spiro atoms. The molecule has 88 valence electrons. The van der Waals surface area contributed by atoms with Crippen LogP contribution < -0.4 is 11.1 Å². The number of anilines is 1. The predicted octanol–water partition coefficient (Wildman–Crippen LogP) is 3.31. The largest absolute Gasteiger partial charge is 0.388 e. The minimum absolute atomic E-state index is 0.216. The SMILES string of the molecule is CNc1cccc(C(N)C2CCCCC2)c1. The molecule has 0 saturated heterocycles. The highest BCUT2D eigenvalue weighted by Crippen LogP contribution is 2.33. The molecule has 16 heavy (non-hydrogen) atoms. The van der Waals surface area contributed by atoms with Crippen LogP contribution in [0.15, 0.2) is 24.3 Å². The standard InChI is InChI=1S/C14H22N2/c1-16-13-9-5-8-12(10-13)14(15)11-6-3-2-4-7-11/h5,8-11,14,16H,2-4,6-7,15H2,1H3. The zero-order valence-corrected chi connectivity index (χ0v) is 10.1. The van der Waals surface area contributed by atoms with Gasteiger partial charge in [-0.3, -0.25) is 0 Å². The number of nitrogens with two attached hydrogens (primary N) is 1. The van der Waals surface area contributed by atoms with Crippen LogP contribution in [0, 0.1) is 5.92 Å². The Labute approximate surface area is 98.2 Å². The third kappa shape index (κ3) is 2.56. The molecule has 0 radical (unpaired) electrons. The molecule has 3 N–H and O–H groups in total. The number of benzene rings is 1. The van der Waals surface area contributed by atoms with Gasteiger partial charge in [-0.1, -0.05) is 31.4 Å². The van der Waals surface area contributed by atoms with E-state index in [9.17, 15) is 0 Å². The van der Waals surface area contributed by atoms with E-state index in [0.29, 0.717) is 5.92 Å². The van der Waals surface area contributed by atoms with Gasteiger partial charge in [0.2, 0.25) is 0 Å². The lowest BCUT2D eigenvalue weighted by atomic mass is 9.81. The first-order valence-electron chi connectivity index (χ1n) is 6.34. The van der Waals surface area contributed by atoms with Crippen LogP contribution in [0.4, 0.5) is 5.69 Å². The first-order chi connectivity index (χ1) is 7.81. The average molecular weight is 218 g/mol. The molecule has 1 unspecified atom stereocenters. The smallest absolute Gasteiger partial charge is 0.0340 e. The first kappa shape index (κ1) is 11.5. The van der Waals surface area contributed by atoms with Crippen molar-refractivity contribution in [1.29, 1.82) is 0 Å². The van der Waals surface area contributed by atoms with E-state index < -0.39 is 0 Å². The molecule has 2 rings (SSSR count). The van der Waals surface area contributed by atoms with Crippen molar-refractivity contribution >= 4 is 5.69 Å². The fourth-order valence-corrected chi connectivity index (χ4v) is 2.67. The van der Waals surface area contributed by atoms with Gasteiger partial charge >= 0.3 is 0 Å². The fraction of sp³-hybridized carbons (Fsp3) is 0.571. The number of nitrogens with one attached hydrogen (secondary N) is 1. The summed E-state index contributed by atoms with van der Waals surface area (Å²) >= 11 is 0. The van der Waals surface area contributed by atoms with Gasteiger partial charge in [-0.05, 0) is 36.5 Å². The minimum Gasteiger partial charge on any atom is -0.388 e. The molecule has 0 bridgehead atoms. The monoisotopic (exact) mass is 218 g/mol. The van der Waals surface area contributed by atoms with Gasteiger partial charge in [0.05, 0.1) is 0 Å². The Hall–Kier alpha value is -1.02. The summed E-state index contributed by atoms with van der Waals surface area (Å²) in [6.07, 6.45) is 6.68. The summed E-state index contributed by atoms with van der Waals surface area (Å²) < 4.78 is 0. The van der Waals surface area contributed by atoms with Crippen LogP contribution in [0.25, 0.3) is 0 Å². The molecule has 2 nitrogen and oxygen atoms in total. The molecule has 0 heterocycles. The van der Waals surface area contributed by atoms with E-state index in [1.54, 1.807) is 0 Å². The fourth-order valence-electron chi connectivity index (χ4n) is 2.67. The normalized spacial score (nSPS) is 19.4. The quantitative estimate of drug-likeness (QED) is 0.817. The molecule has 0 aliphatic heterocycles. The van der Waals surface area contributed by atoms with Gasteiger partial charge in [-0.25, -0.2) is 0 Å². The Morgan fingerprint density at radius 1 is 1.25 bits per heavy atom. The summed E-state index contributed by atoms with van der Waals surface area (Å²) in [5.41, 5.74) is 8.80. The van der Waals surface area contributed by atoms with E-state index in [2.05, 4.69) is 29.6 Å². The molecule has 1 aliphatic carbocycles. The van der Waals surface area contributed by atoms with Crippen LogP contribution in [0.1, 0.15) is 43.7 Å². The van der Waals surface area contributed by atoms with E-state index in [1.165, 1.54) is 37.7 Å². The van der Waals surface area contributed by atoms with Crippen molar-refractivity contribution in [1.82, 2.24) is 0 Å². The maximum atomic E-state index is 6.37. The van der Waals surface area contributed by atoms with Crippen LogP contribution in [-0.2, 0) is 0 Å². The van der Waals surface area contributed by atoms with Gasteiger partial charge in [0.1, 0.15) is 0 Å². The summed E-state index contributed by atoms with van der Waals surface area (Å²) in [5, 5.41) is 3.17. The lowest BCUT2D eigenvalue weighted by Crippen LogP contribution is -2.23. The van der Waals surface area contributed by atoms with Crippen molar-refractivity contribution in [3.8, 4) is 0 Å². The van der Waals surface area contributed by atoms with Gasteiger partial charge in [0.25, 0.3) is 0 Å². The van der Waals surface area contributed by atoms with Crippen LogP contribution in [0.5, 0.6) is 0 Å². The van der Waals surface area contributed by atoms with Crippen LogP contribution >= 0.6 is 0 Å². The highest BCUT2D eigenvalue weighted by Gasteiger charge is 2.21. The maximum absolute atomic E-state index is 6.37. The molecule has 1 aromatic carbocycles. The number of hydrogen-bond donors (Lipinski definition) is 2. The second-order valence-corrected chi connectivity index (χ2v) is 4.80. The van der Waals surface area contributed by atoms with Gasteiger partial charge < -0.3 is 11.1 Å². The Balaban J connectivity index is 2.09. The van der Waals surface area contributed by atoms with Gasteiger partial charge in [0, 0.05) is 18.8 Å². The van der Waals surface area contributed by atoms with Crippen molar-refractivity contribution in [3.05, 3.63) is 29.8 Å². The van der Waals surface area contributed by atoms with Crippen molar-refractivity contribution in [2.75, 3.05) is 12.4 Å². The molecule has 2 heteroatoms. The molecule has 1 aliphatic rings. The number of rotatable bonds is 3. The van der Waals surface area contributed by atoms with E-state index in [1.807, 2.05) is 7.05 Å². The zero-order chi connectivity index (χ0) is 11.4. The van der Waals surface area contributed by atoms with Gasteiger partial charge in [0.15, 0.2) is 0 Å². The number of hydrogen-bond acceptors (Lipinski definition) is 2. The summed E-state index contributed by atoms with van der Waals surface area (Å²) in [4.78, 5) is 0. The Morgan fingerprint density at radius 2 is 2.00 bits per heavy atom. The van der Waals surface area contributed by atoms with E-state index >= 15 is 0 Å². The molecule has 1 aromatic rings. The second kappa shape index (κ2) is 5.35. The molecule has 1 saturated carbocycles. The van der Waals surface area contributed by atoms with E-state index in [-0.39, 0.29) is 6.04 Å². The summed E-state index contributed by atoms with van der Waals surface area (Å²) in [6.45, 7) is 0. The summed E-state index contributed by atoms with van der Waals surface area (Å²) in [5.74, 6) is 0.681. The van der Waals surface area contributed by atoms with Gasteiger partial charge in [-0.15, -0.1) is 0 Å². The molecule has 0 aromatic heterocycles.